The molecule has 1 unspecified atom stereocenters. The van der Waals surface area contributed by atoms with Crippen LogP contribution in [0.25, 0.3) is 0 Å². The Kier molecular flexibility index (Phi) is 6.40. The van der Waals surface area contributed by atoms with Gasteiger partial charge in [-0.3, -0.25) is 10.2 Å². The lowest BCUT2D eigenvalue weighted by atomic mass is 10.2. The number of hydrazine groups is 1. The quantitative estimate of drug-likeness (QED) is 0.476. The summed E-state index contributed by atoms with van der Waals surface area (Å²) in [5.41, 5.74) is 3.38. The molecular formula is C12H17ClN2OS. The summed E-state index contributed by atoms with van der Waals surface area (Å²) in [7, 11) is 0. The van der Waals surface area contributed by atoms with E-state index in [9.17, 15) is 4.79 Å². The third-order valence-electron chi connectivity index (χ3n) is 2.39. The van der Waals surface area contributed by atoms with E-state index < -0.39 is 0 Å². The van der Waals surface area contributed by atoms with Gasteiger partial charge in [0.25, 0.3) is 0 Å². The molecule has 3 nitrogen and oxygen atoms in total. The lowest BCUT2D eigenvalue weighted by Gasteiger charge is -2.10. The molecule has 3 N–H and O–H groups in total. The number of hydrogen-bond donors (Lipinski definition) is 2. The maximum absolute atomic E-state index is 11.0. The summed E-state index contributed by atoms with van der Waals surface area (Å²) in [4.78, 5) is 11.0. The number of nitrogens with two attached hydrogens (primary N) is 1. The molecule has 0 aliphatic carbocycles. The molecule has 0 heterocycles. The van der Waals surface area contributed by atoms with Crippen LogP contribution >= 0.6 is 23.4 Å². The summed E-state index contributed by atoms with van der Waals surface area (Å²) in [5.74, 6) is 5.84. The zero-order valence-electron chi connectivity index (χ0n) is 9.78. The lowest BCUT2D eigenvalue weighted by Crippen LogP contribution is -2.30. The first-order valence-corrected chi connectivity index (χ1v) is 6.90. The minimum absolute atomic E-state index is 0.107. The zero-order chi connectivity index (χ0) is 12.7. The number of hydrogen-bond acceptors (Lipinski definition) is 3. The molecule has 17 heavy (non-hydrogen) atoms. The van der Waals surface area contributed by atoms with Gasteiger partial charge in [0.1, 0.15) is 0 Å². The van der Waals surface area contributed by atoms with Crippen LogP contribution in [0.3, 0.4) is 0 Å². The van der Waals surface area contributed by atoms with E-state index in [1.54, 1.807) is 0 Å². The highest BCUT2D eigenvalue weighted by Gasteiger charge is 2.06. The number of thioether (sulfide) groups is 1. The smallest absolute Gasteiger partial charge is 0.233 e. The number of benzene rings is 1. The summed E-state index contributed by atoms with van der Waals surface area (Å²) >= 11 is 7.64. The Bertz CT molecular complexity index is 356. The summed E-state index contributed by atoms with van der Waals surface area (Å²) < 4.78 is 0. The average molecular weight is 273 g/mol. The molecule has 0 radical (unpaired) electrons. The first-order valence-electron chi connectivity index (χ1n) is 5.47. The topological polar surface area (TPSA) is 55.1 Å². The van der Waals surface area contributed by atoms with Crippen molar-refractivity contribution in [1.29, 1.82) is 0 Å². The van der Waals surface area contributed by atoms with Crippen molar-refractivity contribution >= 4 is 29.3 Å². The van der Waals surface area contributed by atoms with Crippen LogP contribution in [0.1, 0.15) is 25.3 Å². The molecule has 1 rings (SSSR count). The van der Waals surface area contributed by atoms with Gasteiger partial charge in [0.15, 0.2) is 0 Å². The largest absolute Gasteiger partial charge is 0.294 e. The second-order valence-electron chi connectivity index (χ2n) is 3.85. The summed E-state index contributed by atoms with van der Waals surface area (Å²) in [5, 5.41) is 1.19. The van der Waals surface area contributed by atoms with Crippen molar-refractivity contribution in [2.75, 3.05) is 0 Å². The van der Waals surface area contributed by atoms with Gasteiger partial charge >= 0.3 is 0 Å². The molecule has 0 aliphatic heterocycles. The molecule has 1 aromatic rings. The molecule has 5 heteroatoms. The first-order chi connectivity index (χ1) is 8.11. The minimum atomic E-state index is -0.107. The Balaban J connectivity index is 2.25. The van der Waals surface area contributed by atoms with E-state index in [1.165, 1.54) is 5.56 Å². The Morgan fingerprint density at radius 3 is 2.71 bits per heavy atom. The molecule has 1 aromatic carbocycles. The fourth-order valence-corrected chi connectivity index (χ4v) is 2.39. The van der Waals surface area contributed by atoms with Crippen LogP contribution in [0.4, 0.5) is 0 Å². The standard InChI is InChI=1S/C12H17ClN2OS/c1-9(2-7-12(16)15-14)17-8-10-3-5-11(13)6-4-10/h3-6,9H,2,7-8,14H2,1H3,(H,15,16). The van der Waals surface area contributed by atoms with Gasteiger partial charge in [-0.25, -0.2) is 5.84 Å². The predicted octanol–water partition coefficient (Wildman–Crippen LogP) is 2.73. The summed E-state index contributed by atoms with van der Waals surface area (Å²) in [6, 6.07) is 7.83. The van der Waals surface area contributed by atoms with Gasteiger partial charge < -0.3 is 0 Å². The Hall–Kier alpha value is -0.710. The zero-order valence-corrected chi connectivity index (χ0v) is 11.4. The van der Waals surface area contributed by atoms with E-state index in [0.29, 0.717) is 11.7 Å². The van der Waals surface area contributed by atoms with E-state index in [2.05, 4.69) is 12.3 Å². The van der Waals surface area contributed by atoms with E-state index in [-0.39, 0.29) is 5.91 Å². The summed E-state index contributed by atoms with van der Waals surface area (Å²) in [6.45, 7) is 2.12. The number of amides is 1. The second kappa shape index (κ2) is 7.58. The highest BCUT2D eigenvalue weighted by Crippen LogP contribution is 2.21. The molecular weight excluding hydrogens is 256 g/mol. The normalized spacial score (nSPS) is 12.2. The number of nitrogens with one attached hydrogen (secondary N) is 1. The number of carbonyl (C=O) groups excluding carboxylic acids is 1. The maximum atomic E-state index is 11.0. The van der Waals surface area contributed by atoms with Crippen LogP contribution in [0.5, 0.6) is 0 Å². The third-order valence-corrected chi connectivity index (χ3v) is 3.94. The molecule has 0 fully saturated rings. The fraction of sp³-hybridized carbons (Fsp3) is 0.417. The van der Waals surface area contributed by atoms with Crippen LogP contribution in [-0.2, 0) is 10.5 Å². The van der Waals surface area contributed by atoms with E-state index >= 15 is 0 Å². The van der Waals surface area contributed by atoms with Crippen LogP contribution < -0.4 is 11.3 Å². The molecule has 0 saturated carbocycles. The highest BCUT2D eigenvalue weighted by atomic mass is 35.5. The first kappa shape index (κ1) is 14.4. The highest BCUT2D eigenvalue weighted by molar-refractivity contribution is 7.99. The monoisotopic (exact) mass is 272 g/mol. The van der Waals surface area contributed by atoms with Gasteiger partial charge in [-0.1, -0.05) is 30.7 Å². The van der Waals surface area contributed by atoms with E-state index in [0.717, 1.165) is 17.2 Å². The number of rotatable bonds is 6. The summed E-state index contributed by atoms with van der Waals surface area (Å²) in [6.07, 6.45) is 1.31. The Morgan fingerprint density at radius 2 is 2.12 bits per heavy atom. The Morgan fingerprint density at radius 1 is 1.47 bits per heavy atom. The van der Waals surface area contributed by atoms with Crippen molar-refractivity contribution in [3.8, 4) is 0 Å². The molecule has 1 amide bonds. The van der Waals surface area contributed by atoms with Gasteiger partial charge in [0.2, 0.25) is 5.91 Å². The third kappa shape index (κ3) is 5.96. The lowest BCUT2D eigenvalue weighted by molar-refractivity contribution is -0.121. The van der Waals surface area contributed by atoms with Crippen molar-refractivity contribution in [1.82, 2.24) is 5.43 Å². The molecule has 0 bridgehead atoms. The fourth-order valence-electron chi connectivity index (χ4n) is 1.31. The van der Waals surface area contributed by atoms with Gasteiger partial charge in [-0.15, -0.1) is 0 Å². The molecule has 1 atom stereocenters. The van der Waals surface area contributed by atoms with Crippen molar-refractivity contribution in [3.05, 3.63) is 34.9 Å². The van der Waals surface area contributed by atoms with Crippen LogP contribution in [0.15, 0.2) is 24.3 Å². The van der Waals surface area contributed by atoms with Crippen LogP contribution in [-0.4, -0.2) is 11.2 Å². The molecule has 0 aliphatic rings. The van der Waals surface area contributed by atoms with E-state index in [1.807, 2.05) is 36.0 Å². The van der Waals surface area contributed by atoms with Gasteiger partial charge in [-0.05, 0) is 24.1 Å². The van der Waals surface area contributed by atoms with Crippen molar-refractivity contribution < 1.29 is 4.79 Å². The second-order valence-corrected chi connectivity index (χ2v) is 5.72. The van der Waals surface area contributed by atoms with Crippen LogP contribution in [0, 0.1) is 0 Å². The van der Waals surface area contributed by atoms with Gasteiger partial charge in [0, 0.05) is 22.4 Å². The average Bonchev–Trinajstić information content (AvgIpc) is 2.35. The van der Waals surface area contributed by atoms with E-state index in [4.69, 9.17) is 17.4 Å². The molecule has 0 saturated heterocycles. The van der Waals surface area contributed by atoms with Crippen molar-refractivity contribution in [2.24, 2.45) is 5.84 Å². The molecule has 0 spiro atoms. The van der Waals surface area contributed by atoms with Crippen LogP contribution in [0.2, 0.25) is 5.02 Å². The number of carbonyl (C=O) groups is 1. The number of halogens is 1. The van der Waals surface area contributed by atoms with Crippen molar-refractivity contribution in [3.63, 3.8) is 0 Å². The minimum Gasteiger partial charge on any atom is -0.294 e. The SMILES string of the molecule is CC(CCC(=O)NN)SCc1ccc(Cl)cc1. The van der Waals surface area contributed by atoms with Gasteiger partial charge in [0.05, 0.1) is 0 Å². The van der Waals surface area contributed by atoms with Crippen molar-refractivity contribution in [2.45, 2.75) is 30.8 Å². The predicted molar refractivity (Wildman–Crippen MR) is 73.8 cm³/mol. The maximum Gasteiger partial charge on any atom is 0.233 e. The molecule has 94 valence electrons. The molecule has 0 aromatic heterocycles. The Labute approximate surface area is 111 Å². The van der Waals surface area contributed by atoms with Gasteiger partial charge in [-0.2, -0.15) is 11.8 Å².